The Labute approximate surface area is 199 Å². The Morgan fingerprint density at radius 1 is 1.12 bits per heavy atom. The van der Waals surface area contributed by atoms with Crippen molar-refractivity contribution in [2.75, 3.05) is 10.7 Å². The van der Waals surface area contributed by atoms with Gasteiger partial charge in [0.15, 0.2) is 0 Å². The standard InChI is InChI=1S/C26H28N2O3PS/c1-25(2,3)24-31-23(32-24)18-8-11-21-20(14-18)28(22(29)12-13-33(21)30)15-17-6-9-19(10-7-17)26(4,5)16-27/h6-11,14H,12-13,15H2,1-5H3/q+1. The van der Waals surface area contributed by atoms with Crippen molar-refractivity contribution in [1.29, 1.82) is 5.26 Å². The van der Waals surface area contributed by atoms with Gasteiger partial charge >= 0.3 is 194 Å². The summed E-state index contributed by atoms with van der Waals surface area (Å²) in [6.07, 6.45) is 0.240. The van der Waals surface area contributed by atoms with Crippen LogP contribution in [-0.2, 0) is 32.3 Å². The number of nitriles is 1. The number of rotatable bonds is 4. The number of anilines is 1. The molecule has 0 bridgehead atoms. The summed E-state index contributed by atoms with van der Waals surface area (Å²) in [7, 11) is -0.180. The summed E-state index contributed by atoms with van der Waals surface area (Å²) in [5, 5.41) is 9.39. The van der Waals surface area contributed by atoms with Crippen molar-refractivity contribution in [2.45, 2.75) is 57.9 Å². The van der Waals surface area contributed by atoms with Gasteiger partial charge < -0.3 is 0 Å². The Kier molecular flexibility index (Phi) is 6.35. The Hall–Kier alpha value is -2.32. The van der Waals surface area contributed by atoms with Crippen molar-refractivity contribution in [2.24, 2.45) is 5.41 Å². The second-order valence-electron chi connectivity index (χ2n) is 9.97. The van der Waals surface area contributed by atoms with E-state index in [-0.39, 0.29) is 17.7 Å². The number of fused-ring (bicyclic) bond motifs is 1. The molecule has 1 amide bonds. The molecule has 4 rings (SSSR count). The van der Waals surface area contributed by atoms with Crippen LogP contribution in [0.5, 0.6) is 0 Å². The molecular formula is C26H28N2O3PS+. The Morgan fingerprint density at radius 3 is 2.39 bits per heavy atom. The van der Waals surface area contributed by atoms with Crippen LogP contribution in [0, 0.1) is 16.7 Å². The van der Waals surface area contributed by atoms with Gasteiger partial charge in [0.05, 0.1) is 0 Å². The molecule has 2 aliphatic rings. The van der Waals surface area contributed by atoms with E-state index >= 15 is 0 Å². The fourth-order valence-corrected chi connectivity index (χ4v) is 5.83. The monoisotopic (exact) mass is 479 g/mol. The first-order chi connectivity index (χ1) is 15.5. The summed E-state index contributed by atoms with van der Waals surface area (Å²) in [6, 6.07) is 15.9. The molecule has 0 N–H and O–H groups in total. The van der Waals surface area contributed by atoms with E-state index in [0.29, 0.717) is 22.9 Å². The van der Waals surface area contributed by atoms with E-state index in [1.165, 1.54) is 0 Å². The van der Waals surface area contributed by atoms with Gasteiger partial charge in [-0.3, -0.25) is 0 Å². The minimum absolute atomic E-state index is 0.0213. The molecule has 2 aromatic rings. The van der Waals surface area contributed by atoms with Crippen LogP contribution in [0.25, 0.3) is 0 Å². The molecule has 33 heavy (non-hydrogen) atoms. The molecule has 0 saturated heterocycles. The van der Waals surface area contributed by atoms with Crippen molar-refractivity contribution in [3.05, 3.63) is 59.2 Å². The number of nitrogens with zero attached hydrogens (tertiary/aromatic N) is 2. The summed E-state index contributed by atoms with van der Waals surface area (Å²) in [5.74, 6) is 0.282. The van der Waals surface area contributed by atoms with Gasteiger partial charge in [0, 0.05) is 0 Å². The predicted octanol–water partition coefficient (Wildman–Crippen LogP) is 5.16. The number of amides is 1. The molecule has 2 heterocycles. The van der Waals surface area contributed by atoms with Gasteiger partial charge in [-0.2, -0.15) is 5.26 Å². The van der Waals surface area contributed by atoms with Crippen molar-refractivity contribution < 1.29 is 13.7 Å². The van der Waals surface area contributed by atoms with E-state index in [1.807, 2.05) is 56.3 Å². The van der Waals surface area contributed by atoms with Gasteiger partial charge in [-0.1, -0.05) is 0 Å². The van der Waals surface area contributed by atoms with Gasteiger partial charge in [0.1, 0.15) is 0 Å². The van der Waals surface area contributed by atoms with E-state index < -0.39 is 16.2 Å². The van der Waals surface area contributed by atoms with Crippen LogP contribution in [0.15, 0.2) is 47.4 Å². The van der Waals surface area contributed by atoms with Gasteiger partial charge in [-0.05, 0) is 0 Å². The van der Waals surface area contributed by atoms with E-state index in [1.54, 1.807) is 4.90 Å². The fourth-order valence-electron chi connectivity index (χ4n) is 3.70. The van der Waals surface area contributed by atoms with E-state index in [9.17, 15) is 14.3 Å². The van der Waals surface area contributed by atoms with Gasteiger partial charge in [0.2, 0.25) is 0 Å². The summed E-state index contributed by atoms with van der Waals surface area (Å²) >= 11 is 0. The topological polar surface area (TPSA) is 70.4 Å². The Morgan fingerprint density at radius 2 is 1.79 bits per heavy atom. The number of hydrogen-bond donors (Lipinski definition) is 0. The van der Waals surface area contributed by atoms with Crippen molar-refractivity contribution in [1.82, 2.24) is 0 Å². The Bertz CT molecular complexity index is 1260. The predicted molar refractivity (Wildman–Crippen MR) is 135 cm³/mol. The third-order valence-electron chi connectivity index (χ3n) is 5.88. The molecule has 5 nitrogen and oxygen atoms in total. The number of hydrogen-bond acceptors (Lipinski definition) is 4. The van der Waals surface area contributed by atoms with Crippen LogP contribution in [0.4, 0.5) is 5.69 Å². The third-order valence-corrected chi connectivity index (χ3v) is 8.81. The van der Waals surface area contributed by atoms with Crippen LogP contribution in [0.1, 0.15) is 57.7 Å². The molecule has 1 unspecified atom stereocenters. The second-order valence-corrected chi connectivity index (χ2v) is 12.5. The van der Waals surface area contributed by atoms with E-state index in [4.69, 9.17) is 4.74 Å². The molecule has 0 fully saturated rings. The zero-order chi connectivity index (χ0) is 24.0. The number of ether oxygens (including phenoxy) is 1. The molecule has 7 heteroatoms. The first kappa shape index (κ1) is 23.8. The summed E-state index contributed by atoms with van der Waals surface area (Å²) in [5.41, 5.74) is 4.76. The van der Waals surface area contributed by atoms with Crippen molar-refractivity contribution >= 4 is 41.2 Å². The van der Waals surface area contributed by atoms with E-state index in [2.05, 4.69) is 26.8 Å². The first-order valence-corrected chi connectivity index (χ1v) is 13.2. The molecule has 0 saturated carbocycles. The third kappa shape index (κ3) is 4.82. The quantitative estimate of drug-likeness (QED) is 0.568. The fraction of sp³-hybridized carbons (Fsp3) is 0.385. The van der Waals surface area contributed by atoms with Gasteiger partial charge in [0.25, 0.3) is 0 Å². The molecule has 2 aromatic carbocycles. The summed E-state index contributed by atoms with van der Waals surface area (Å²) < 4.78 is 18.8. The molecule has 170 valence electrons. The van der Waals surface area contributed by atoms with Crippen molar-refractivity contribution in [3.63, 3.8) is 0 Å². The van der Waals surface area contributed by atoms with E-state index in [0.717, 1.165) is 35.5 Å². The average Bonchev–Trinajstić information content (AvgIpc) is 2.84. The van der Waals surface area contributed by atoms with Crippen LogP contribution in [0.2, 0.25) is 0 Å². The number of carbonyl (C=O) groups is 1. The summed E-state index contributed by atoms with van der Waals surface area (Å²) in [6.45, 7) is 10.5. The number of benzene rings is 2. The molecule has 0 radical (unpaired) electrons. The van der Waals surface area contributed by atoms with Gasteiger partial charge in [-0.15, -0.1) is 0 Å². The van der Waals surface area contributed by atoms with Crippen LogP contribution < -0.4 is 4.90 Å². The van der Waals surface area contributed by atoms with Gasteiger partial charge in [-0.25, -0.2) is 0 Å². The molecule has 0 aromatic heterocycles. The SMILES string of the molecule is CC(C)(C)C1=[P+]=C(c2ccc3c(c2)N(Cc2ccc(C(C)(C)C#N)cc2)C(=O)CCS3=O)O1. The maximum atomic E-state index is 13.1. The van der Waals surface area contributed by atoms with Crippen LogP contribution in [-0.4, -0.2) is 26.8 Å². The molecule has 0 spiro atoms. The molecule has 2 aliphatic heterocycles. The maximum absolute atomic E-state index is 13.1. The zero-order valence-electron chi connectivity index (χ0n) is 19.6. The van der Waals surface area contributed by atoms with Crippen molar-refractivity contribution in [3.8, 4) is 6.07 Å². The zero-order valence-corrected chi connectivity index (χ0v) is 21.3. The van der Waals surface area contributed by atoms with Crippen LogP contribution >= 0.6 is 7.83 Å². The molecular weight excluding hydrogens is 451 g/mol. The Balaban J connectivity index is 1.71. The first-order valence-electron chi connectivity index (χ1n) is 11.0. The second kappa shape index (κ2) is 8.80. The normalized spacial score (nSPS) is 18.7. The molecule has 1 atom stereocenters. The molecule has 0 aliphatic carbocycles. The number of carbonyl (C=O) groups excluding carboxylic acids is 1. The summed E-state index contributed by atoms with van der Waals surface area (Å²) in [4.78, 5) is 15.5. The average molecular weight is 480 g/mol. The minimum atomic E-state index is -1.23. The van der Waals surface area contributed by atoms with Crippen LogP contribution in [0.3, 0.4) is 0 Å².